The number of pyridine rings is 1. The monoisotopic (exact) mass is 264 g/mol. The molecule has 1 rings (SSSR count). The lowest BCUT2D eigenvalue weighted by Crippen LogP contribution is -2.34. The van der Waals surface area contributed by atoms with Gasteiger partial charge in [0.1, 0.15) is 5.82 Å². The number of hydrogen-bond acceptors (Lipinski definition) is 3. The van der Waals surface area contributed by atoms with E-state index in [9.17, 15) is 14.7 Å². The Morgan fingerprint density at radius 2 is 1.95 bits per heavy atom. The highest BCUT2D eigenvalue weighted by atomic mass is 16.4. The van der Waals surface area contributed by atoms with E-state index < -0.39 is 11.4 Å². The third-order valence-corrected chi connectivity index (χ3v) is 3.46. The van der Waals surface area contributed by atoms with Crippen molar-refractivity contribution in [3.63, 3.8) is 0 Å². The van der Waals surface area contributed by atoms with Gasteiger partial charge in [-0.2, -0.15) is 0 Å². The van der Waals surface area contributed by atoms with Gasteiger partial charge >= 0.3 is 5.97 Å². The standard InChI is InChI=1S/C14H20N2O3/c1-4-14(5-2,13(18)19)9-12(17)16-11-8-6-7-10(3)15-11/h6-8H,4-5,9H2,1-3H3,(H,18,19)(H,15,16,17). The Labute approximate surface area is 113 Å². The molecule has 0 radical (unpaired) electrons. The number of carbonyl (C=O) groups excluding carboxylic acids is 1. The molecular weight excluding hydrogens is 244 g/mol. The van der Waals surface area contributed by atoms with E-state index >= 15 is 0 Å². The van der Waals surface area contributed by atoms with E-state index in [-0.39, 0.29) is 12.3 Å². The smallest absolute Gasteiger partial charge is 0.310 e. The van der Waals surface area contributed by atoms with Gasteiger partial charge in [-0.1, -0.05) is 19.9 Å². The predicted octanol–water partition coefficient (Wildman–Crippen LogP) is 2.61. The molecule has 5 nitrogen and oxygen atoms in total. The van der Waals surface area contributed by atoms with Crippen molar-refractivity contribution >= 4 is 17.7 Å². The Hall–Kier alpha value is -1.91. The van der Waals surface area contributed by atoms with Gasteiger partial charge in [0.15, 0.2) is 0 Å². The molecule has 1 heterocycles. The second-order valence-corrected chi connectivity index (χ2v) is 4.68. The van der Waals surface area contributed by atoms with Crippen molar-refractivity contribution in [3.05, 3.63) is 23.9 Å². The molecule has 0 unspecified atom stereocenters. The van der Waals surface area contributed by atoms with Crippen molar-refractivity contribution < 1.29 is 14.7 Å². The number of aromatic nitrogens is 1. The summed E-state index contributed by atoms with van der Waals surface area (Å²) in [5.41, 5.74) is -0.193. The molecule has 5 heteroatoms. The molecule has 0 atom stereocenters. The zero-order valence-corrected chi connectivity index (χ0v) is 11.6. The van der Waals surface area contributed by atoms with Gasteiger partial charge in [0.05, 0.1) is 5.41 Å². The first-order valence-corrected chi connectivity index (χ1v) is 6.40. The third-order valence-electron chi connectivity index (χ3n) is 3.46. The van der Waals surface area contributed by atoms with Crippen LogP contribution >= 0.6 is 0 Å². The first-order chi connectivity index (χ1) is 8.93. The molecule has 0 aliphatic rings. The van der Waals surface area contributed by atoms with Crippen LogP contribution in [0.5, 0.6) is 0 Å². The van der Waals surface area contributed by atoms with Crippen LogP contribution in [0.2, 0.25) is 0 Å². The molecule has 0 saturated heterocycles. The number of carboxylic acids is 1. The van der Waals surface area contributed by atoms with Crippen molar-refractivity contribution in [2.45, 2.75) is 40.0 Å². The summed E-state index contributed by atoms with van der Waals surface area (Å²) in [4.78, 5) is 27.4. The first kappa shape index (κ1) is 15.1. The summed E-state index contributed by atoms with van der Waals surface area (Å²) in [5.74, 6) is -0.787. The maximum absolute atomic E-state index is 11.9. The van der Waals surface area contributed by atoms with Crippen molar-refractivity contribution in [2.24, 2.45) is 5.41 Å². The van der Waals surface area contributed by atoms with E-state index in [1.165, 1.54) is 0 Å². The number of rotatable bonds is 6. The van der Waals surface area contributed by atoms with Crippen LogP contribution < -0.4 is 5.32 Å². The van der Waals surface area contributed by atoms with Crippen molar-refractivity contribution in [3.8, 4) is 0 Å². The normalized spacial score (nSPS) is 11.1. The summed E-state index contributed by atoms with van der Waals surface area (Å²) in [6, 6.07) is 5.31. The average Bonchev–Trinajstić information content (AvgIpc) is 2.35. The SMILES string of the molecule is CCC(CC)(CC(=O)Nc1cccc(C)n1)C(=O)O. The lowest BCUT2D eigenvalue weighted by Gasteiger charge is -2.25. The number of carbonyl (C=O) groups is 2. The summed E-state index contributed by atoms with van der Waals surface area (Å²) in [6.07, 6.45) is 0.811. The van der Waals surface area contributed by atoms with Crippen LogP contribution in [0.4, 0.5) is 5.82 Å². The van der Waals surface area contributed by atoms with E-state index in [0.717, 1.165) is 5.69 Å². The summed E-state index contributed by atoms with van der Waals surface area (Å²) in [5, 5.41) is 11.9. The van der Waals surface area contributed by atoms with Gasteiger partial charge in [0.2, 0.25) is 5.91 Å². The van der Waals surface area contributed by atoms with Gasteiger partial charge in [0, 0.05) is 12.1 Å². The Kier molecular flexibility index (Phi) is 5.03. The maximum Gasteiger partial charge on any atom is 0.310 e. The number of carboxylic acid groups (broad SMARTS) is 1. The molecule has 1 aromatic rings. The highest BCUT2D eigenvalue weighted by Gasteiger charge is 2.37. The minimum atomic E-state index is -0.992. The first-order valence-electron chi connectivity index (χ1n) is 6.40. The van der Waals surface area contributed by atoms with E-state index in [4.69, 9.17) is 0 Å². The lowest BCUT2D eigenvalue weighted by atomic mass is 9.79. The van der Waals surface area contributed by atoms with E-state index in [1.807, 2.05) is 13.0 Å². The molecule has 0 fully saturated rings. The molecule has 0 aliphatic heterocycles. The van der Waals surface area contributed by atoms with E-state index in [2.05, 4.69) is 10.3 Å². The zero-order chi connectivity index (χ0) is 14.5. The van der Waals surface area contributed by atoms with Gasteiger partial charge < -0.3 is 10.4 Å². The van der Waals surface area contributed by atoms with Crippen molar-refractivity contribution in [1.82, 2.24) is 4.98 Å². The molecule has 2 N–H and O–H groups in total. The lowest BCUT2D eigenvalue weighted by molar-refractivity contribution is -0.151. The highest BCUT2D eigenvalue weighted by molar-refractivity contribution is 5.93. The number of aryl methyl sites for hydroxylation is 1. The molecule has 19 heavy (non-hydrogen) atoms. The fraction of sp³-hybridized carbons (Fsp3) is 0.500. The number of nitrogens with one attached hydrogen (secondary N) is 1. The second-order valence-electron chi connectivity index (χ2n) is 4.68. The Bertz CT molecular complexity index is 468. The number of hydrogen-bond donors (Lipinski definition) is 2. The van der Waals surface area contributed by atoms with Crippen LogP contribution in [0.25, 0.3) is 0 Å². The van der Waals surface area contributed by atoms with Gasteiger partial charge in [0.25, 0.3) is 0 Å². The quantitative estimate of drug-likeness (QED) is 0.827. The summed E-state index contributed by atoms with van der Waals surface area (Å²) in [6.45, 7) is 5.40. The Morgan fingerprint density at radius 1 is 1.32 bits per heavy atom. The van der Waals surface area contributed by atoms with Crippen LogP contribution in [0.3, 0.4) is 0 Å². The van der Waals surface area contributed by atoms with Crippen LogP contribution in [0.15, 0.2) is 18.2 Å². The molecule has 0 aromatic carbocycles. The molecule has 0 saturated carbocycles. The number of nitrogens with zero attached hydrogens (tertiary/aromatic N) is 1. The molecule has 0 aliphatic carbocycles. The van der Waals surface area contributed by atoms with E-state index in [1.54, 1.807) is 26.0 Å². The van der Waals surface area contributed by atoms with Crippen LogP contribution in [-0.2, 0) is 9.59 Å². The largest absolute Gasteiger partial charge is 0.481 e. The Morgan fingerprint density at radius 3 is 2.42 bits per heavy atom. The molecule has 1 aromatic heterocycles. The second kappa shape index (κ2) is 6.31. The Balaban J connectivity index is 2.76. The molecule has 0 bridgehead atoms. The minimum Gasteiger partial charge on any atom is -0.481 e. The number of amides is 1. The molecule has 104 valence electrons. The van der Waals surface area contributed by atoms with Crippen LogP contribution in [0, 0.1) is 12.3 Å². The minimum absolute atomic E-state index is 0.0368. The predicted molar refractivity (Wildman–Crippen MR) is 72.9 cm³/mol. The van der Waals surface area contributed by atoms with Gasteiger partial charge in [-0.05, 0) is 31.9 Å². The van der Waals surface area contributed by atoms with Crippen molar-refractivity contribution in [1.29, 1.82) is 0 Å². The van der Waals surface area contributed by atoms with Gasteiger partial charge in [-0.3, -0.25) is 9.59 Å². The topological polar surface area (TPSA) is 79.3 Å². The van der Waals surface area contributed by atoms with Crippen LogP contribution in [0.1, 0.15) is 38.8 Å². The summed E-state index contributed by atoms with van der Waals surface area (Å²) < 4.78 is 0. The van der Waals surface area contributed by atoms with Crippen molar-refractivity contribution in [2.75, 3.05) is 5.32 Å². The van der Waals surface area contributed by atoms with E-state index in [0.29, 0.717) is 18.7 Å². The molecule has 1 amide bonds. The fourth-order valence-corrected chi connectivity index (χ4v) is 1.99. The van der Waals surface area contributed by atoms with Gasteiger partial charge in [-0.25, -0.2) is 4.98 Å². The molecule has 0 spiro atoms. The number of anilines is 1. The summed E-state index contributed by atoms with van der Waals surface area (Å²) >= 11 is 0. The maximum atomic E-state index is 11.9. The highest BCUT2D eigenvalue weighted by Crippen LogP contribution is 2.31. The summed E-state index contributed by atoms with van der Waals surface area (Å²) in [7, 11) is 0. The third kappa shape index (κ3) is 3.77. The zero-order valence-electron chi connectivity index (χ0n) is 11.6. The van der Waals surface area contributed by atoms with Gasteiger partial charge in [-0.15, -0.1) is 0 Å². The van der Waals surface area contributed by atoms with Crippen LogP contribution in [-0.4, -0.2) is 22.0 Å². The number of aliphatic carboxylic acids is 1. The average molecular weight is 264 g/mol. The molecular formula is C14H20N2O3. The fourth-order valence-electron chi connectivity index (χ4n) is 1.99.